The fraction of sp³-hybridized carbons (Fsp3) is 0.417. The first-order valence-corrected chi connectivity index (χ1v) is 10.4. The zero-order valence-electron chi connectivity index (χ0n) is 17.8. The minimum atomic E-state index is -0.866. The maximum atomic E-state index is 12.8. The third-order valence-corrected chi connectivity index (χ3v) is 5.23. The van der Waals surface area contributed by atoms with Crippen molar-refractivity contribution in [2.75, 3.05) is 20.3 Å². The Morgan fingerprint density at radius 1 is 1.10 bits per heavy atom. The third-order valence-electron chi connectivity index (χ3n) is 5.23. The highest BCUT2D eigenvalue weighted by molar-refractivity contribution is 5.93. The van der Waals surface area contributed by atoms with Crippen molar-refractivity contribution in [3.8, 4) is 11.5 Å². The number of hydrogen-bond donors (Lipinski definition) is 0. The molecule has 30 heavy (non-hydrogen) atoms. The Morgan fingerprint density at radius 2 is 1.87 bits per heavy atom. The van der Waals surface area contributed by atoms with E-state index in [1.54, 1.807) is 30.0 Å². The fourth-order valence-corrected chi connectivity index (χ4v) is 3.46. The lowest BCUT2D eigenvalue weighted by molar-refractivity contribution is -0.140. The van der Waals surface area contributed by atoms with Crippen LogP contribution in [-0.2, 0) is 22.5 Å². The van der Waals surface area contributed by atoms with E-state index < -0.39 is 12.1 Å². The minimum Gasteiger partial charge on any atom is -0.493 e. The molecule has 0 aliphatic carbocycles. The van der Waals surface area contributed by atoms with Crippen LogP contribution in [-0.4, -0.2) is 43.1 Å². The van der Waals surface area contributed by atoms with Crippen LogP contribution in [0.2, 0.25) is 0 Å². The molecule has 1 aliphatic heterocycles. The summed E-state index contributed by atoms with van der Waals surface area (Å²) in [5.74, 6) is 0.293. The van der Waals surface area contributed by atoms with Crippen LogP contribution < -0.4 is 9.47 Å². The first-order valence-electron chi connectivity index (χ1n) is 10.4. The van der Waals surface area contributed by atoms with Crippen molar-refractivity contribution >= 4 is 11.9 Å². The highest BCUT2D eigenvalue weighted by Crippen LogP contribution is 2.29. The number of rotatable bonds is 8. The summed E-state index contributed by atoms with van der Waals surface area (Å²) in [4.78, 5) is 27.1. The van der Waals surface area contributed by atoms with Crippen LogP contribution in [0.1, 0.15) is 48.2 Å². The number of benzene rings is 2. The molecule has 0 fully saturated rings. The quantitative estimate of drug-likeness (QED) is 0.485. The number of ether oxygens (including phenoxy) is 3. The van der Waals surface area contributed by atoms with Gasteiger partial charge in [0.2, 0.25) is 0 Å². The summed E-state index contributed by atoms with van der Waals surface area (Å²) < 4.78 is 16.5. The molecular formula is C24H29NO5. The van der Waals surface area contributed by atoms with Gasteiger partial charge in [-0.3, -0.25) is 4.79 Å². The molecule has 0 saturated carbocycles. The van der Waals surface area contributed by atoms with Gasteiger partial charge in [0.1, 0.15) is 0 Å². The maximum absolute atomic E-state index is 12.8. The van der Waals surface area contributed by atoms with E-state index >= 15 is 0 Å². The van der Waals surface area contributed by atoms with Gasteiger partial charge in [-0.25, -0.2) is 4.79 Å². The molecule has 0 aromatic heterocycles. The van der Waals surface area contributed by atoms with Gasteiger partial charge in [0.25, 0.3) is 5.91 Å². The highest BCUT2D eigenvalue weighted by Gasteiger charge is 2.27. The summed E-state index contributed by atoms with van der Waals surface area (Å²) in [5.41, 5.74) is 2.72. The molecule has 2 aromatic rings. The van der Waals surface area contributed by atoms with Gasteiger partial charge >= 0.3 is 5.97 Å². The second kappa shape index (κ2) is 10.1. The number of methoxy groups -OCH3 is 1. The van der Waals surface area contributed by atoms with Gasteiger partial charge in [0.05, 0.1) is 19.3 Å². The number of fused-ring (bicyclic) bond motifs is 1. The van der Waals surface area contributed by atoms with Crippen LogP contribution in [0.25, 0.3) is 0 Å². The van der Waals surface area contributed by atoms with Crippen LogP contribution in [0.5, 0.6) is 11.5 Å². The Kier molecular flexibility index (Phi) is 7.33. The van der Waals surface area contributed by atoms with Gasteiger partial charge in [-0.1, -0.05) is 37.6 Å². The first kappa shape index (κ1) is 21.7. The first-order chi connectivity index (χ1) is 14.5. The number of unbranched alkanes of at least 4 members (excludes halogenated alkanes) is 1. The molecule has 6 nitrogen and oxygen atoms in total. The number of carbonyl (C=O) groups is 2. The maximum Gasteiger partial charge on any atom is 0.339 e. The van der Waals surface area contributed by atoms with Crippen molar-refractivity contribution in [2.24, 2.45) is 0 Å². The molecule has 6 heteroatoms. The van der Waals surface area contributed by atoms with E-state index in [1.165, 1.54) is 12.7 Å². The average molecular weight is 411 g/mol. The van der Waals surface area contributed by atoms with Gasteiger partial charge < -0.3 is 19.1 Å². The molecule has 0 radical (unpaired) electrons. The normalized spacial score (nSPS) is 13.9. The molecule has 0 bridgehead atoms. The van der Waals surface area contributed by atoms with E-state index in [4.69, 9.17) is 14.2 Å². The molecule has 0 spiro atoms. The van der Waals surface area contributed by atoms with E-state index in [0.29, 0.717) is 36.8 Å². The Hall–Kier alpha value is -3.02. The summed E-state index contributed by atoms with van der Waals surface area (Å²) in [6.07, 6.45) is 1.91. The molecule has 0 saturated heterocycles. The van der Waals surface area contributed by atoms with Gasteiger partial charge in [0.15, 0.2) is 17.6 Å². The van der Waals surface area contributed by atoms with Crippen LogP contribution >= 0.6 is 0 Å². The molecule has 160 valence electrons. The van der Waals surface area contributed by atoms with Crippen molar-refractivity contribution in [3.63, 3.8) is 0 Å². The Balaban J connectivity index is 1.61. The molecule has 1 aliphatic rings. The van der Waals surface area contributed by atoms with Crippen molar-refractivity contribution in [1.29, 1.82) is 0 Å². The SMILES string of the molecule is CCCCOc1ccc(C(=O)OC(C)C(=O)N2CCc3ccccc3C2)cc1OC. The van der Waals surface area contributed by atoms with E-state index in [1.807, 2.05) is 18.2 Å². The Labute approximate surface area is 177 Å². The van der Waals surface area contributed by atoms with Crippen molar-refractivity contribution in [2.45, 2.75) is 45.8 Å². The molecular weight excluding hydrogens is 382 g/mol. The third kappa shape index (κ3) is 5.12. The van der Waals surface area contributed by atoms with E-state index in [0.717, 1.165) is 24.8 Å². The Morgan fingerprint density at radius 3 is 2.60 bits per heavy atom. The van der Waals surface area contributed by atoms with E-state index in [2.05, 4.69) is 13.0 Å². The zero-order chi connectivity index (χ0) is 21.5. The summed E-state index contributed by atoms with van der Waals surface area (Å²) in [7, 11) is 1.53. The van der Waals surface area contributed by atoms with E-state index in [9.17, 15) is 9.59 Å². The number of hydrogen-bond acceptors (Lipinski definition) is 5. The van der Waals surface area contributed by atoms with Crippen LogP contribution in [0.4, 0.5) is 0 Å². The van der Waals surface area contributed by atoms with Crippen LogP contribution in [0.15, 0.2) is 42.5 Å². The molecule has 1 atom stereocenters. The number of esters is 1. The van der Waals surface area contributed by atoms with Crippen LogP contribution in [0, 0.1) is 0 Å². The summed E-state index contributed by atoms with van der Waals surface area (Å²) in [6.45, 7) is 5.44. The lowest BCUT2D eigenvalue weighted by Gasteiger charge is -2.30. The van der Waals surface area contributed by atoms with Gasteiger partial charge in [-0.05, 0) is 49.1 Å². The molecule has 1 amide bonds. The monoisotopic (exact) mass is 411 g/mol. The van der Waals surface area contributed by atoms with Crippen LogP contribution in [0.3, 0.4) is 0 Å². The van der Waals surface area contributed by atoms with Gasteiger partial charge in [-0.2, -0.15) is 0 Å². The van der Waals surface area contributed by atoms with Crippen molar-refractivity contribution in [1.82, 2.24) is 4.90 Å². The summed E-state index contributed by atoms with van der Waals surface area (Å²) in [5, 5.41) is 0. The highest BCUT2D eigenvalue weighted by atomic mass is 16.5. The van der Waals surface area contributed by atoms with Gasteiger partial charge in [-0.15, -0.1) is 0 Å². The average Bonchev–Trinajstić information content (AvgIpc) is 2.78. The minimum absolute atomic E-state index is 0.190. The second-order valence-electron chi connectivity index (χ2n) is 7.39. The predicted octanol–water partition coefficient (Wildman–Crippen LogP) is 4.00. The van der Waals surface area contributed by atoms with Crippen molar-refractivity contribution < 1.29 is 23.8 Å². The van der Waals surface area contributed by atoms with Gasteiger partial charge in [0, 0.05) is 13.1 Å². The summed E-state index contributed by atoms with van der Waals surface area (Å²) in [6, 6.07) is 13.0. The number of amides is 1. The standard InChI is InChI=1S/C24H29NO5/c1-4-5-14-29-21-11-10-19(15-22(21)28-3)24(27)30-17(2)23(26)25-13-12-18-8-6-7-9-20(18)16-25/h6-11,15,17H,4-5,12-14,16H2,1-3H3. The molecule has 3 rings (SSSR count). The lowest BCUT2D eigenvalue weighted by atomic mass is 9.99. The molecule has 1 unspecified atom stereocenters. The Bertz CT molecular complexity index is 895. The largest absolute Gasteiger partial charge is 0.493 e. The summed E-state index contributed by atoms with van der Waals surface area (Å²) >= 11 is 0. The number of nitrogens with zero attached hydrogens (tertiary/aromatic N) is 1. The lowest BCUT2D eigenvalue weighted by Crippen LogP contribution is -2.42. The zero-order valence-corrected chi connectivity index (χ0v) is 17.8. The van der Waals surface area contributed by atoms with Crippen molar-refractivity contribution in [3.05, 3.63) is 59.2 Å². The molecule has 2 aromatic carbocycles. The number of carbonyl (C=O) groups excluding carboxylic acids is 2. The van der Waals surface area contributed by atoms with E-state index in [-0.39, 0.29) is 5.91 Å². The molecule has 1 heterocycles. The smallest absolute Gasteiger partial charge is 0.339 e. The molecule has 0 N–H and O–H groups in total. The fourth-order valence-electron chi connectivity index (χ4n) is 3.46. The second-order valence-corrected chi connectivity index (χ2v) is 7.39. The topological polar surface area (TPSA) is 65.1 Å². The predicted molar refractivity (Wildman–Crippen MR) is 114 cm³/mol.